The van der Waals surface area contributed by atoms with Gasteiger partial charge in [-0.25, -0.2) is 23.5 Å². The molecule has 4 aliphatic rings. The van der Waals surface area contributed by atoms with Crippen molar-refractivity contribution in [2.24, 2.45) is 13.0 Å². The number of carbonyl (C=O) groups excluding carboxylic acids is 2. The number of fused-ring (bicyclic) bond motifs is 4. The summed E-state index contributed by atoms with van der Waals surface area (Å²) in [6.07, 6.45) is 5.35. The van der Waals surface area contributed by atoms with Crippen LogP contribution in [0, 0.1) is 5.92 Å². The molecule has 0 spiro atoms. The Balaban J connectivity index is 1.55. The fourth-order valence-corrected chi connectivity index (χ4v) is 5.96. The van der Waals surface area contributed by atoms with Crippen LogP contribution in [0.3, 0.4) is 0 Å². The van der Waals surface area contributed by atoms with Gasteiger partial charge in [0.2, 0.25) is 0 Å². The smallest absolute Gasteiger partial charge is 0.347 e. The number of aromatic nitrogens is 3. The molecule has 9 nitrogen and oxygen atoms in total. The highest BCUT2D eigenvalue weighted by Crippen LogP contribution is 2.50. The molecule has 0 bridgehead atoms. The van der Waals surface area contributed by atoms with Crippen molar-refractivity contribution in [2.45, 2.75) is 25.4 Å². The van der Waals surface area contributed by atoms with Crippen LogP contribution in [-0.4, -0.2) is 30.6 Å². The molecule has 3 heterocycles. The predicted molar refractivity (Wildman–Crippen MR) is 129 cm³/mol. The monoisotopic (exact) mass is 571 g/mol. The summed E-state index contributed by atoms with van der Waals surface area (Å²) in [5.74, 6) is -0.361. The number of carbonyl (C=O) groups is 2. The van der Waals surface area contributed by atoms with Crippen molar-refractivity contribution in [1.82, 2.24) is 13.9 Å². The second-order valence-corrected chi connectivity index (χ2v) is 9.93. The molecule has 1 aromatic carbocycles. The molecule has 10 heteroatoms. The van der Waals surface area contributed by atoms with Gasteiger partial charge in [0, 0.05) is 48.6 Å². The highest BCUT2D eigenvalue weighted by Gasteiger charge is 2.46. The minimum absolute atomic E-state index is 0.100. The molecule has 0 saturated heterocycles. The van der Waals surface area contributed by atoms with E-state index in [2.05, 4.69) is 0 Å². The Morgan fingerprint density at radius 3 is 2.74 bits per heavy atom. The second-order valence-electron chi connectivity index (χ2n) is 8.77. The molecule has 0 radical (unpaired) electrons. The fourth-order valence-electron chi connectivity index (χ4n) is 5.39. The molecule has 0 amide bonds. The van der Waals surface area contributed by atoms with E-state index in [1.54, 1.807) is 18.4 Å². The molecule has 2 aromatic rings. The van der Waals surface area contributed by atoms with Gasteiger partial charge in [0.1, 0.15) is 11.5 Å². The number of Topliss-reactive ketones (excluding diaryl/α,β-unsaturated/α-hetero) is 1. The number of aromatic hydroxyl groups is 1. The van der Waals surface area contributed by atoms with E-state index in [1.807, 2.05) is 28.7 Å². The number of phenols is 1. The van der Waals surface area contributed by atoms with Gasteiger partial charge >= 0.3 is 11.4 Å². The standard InChI is InChI=1S/C24H18IN3O6/c1-26-23(32)27-5-4-14-17(28(27)24(26)33)8-15-18(30)9-16(25)22(31)21(15)20(14)12-6-11-7-13(29)2-3-19(11)34-10-12/h2-4,7,9-10,17,20,29H,5-6,8H2,1H3/t17-,20+/m1/s1. The lowest BCUT2D eigenvalue weighted by Gasteiger charge is -2.40. The Labute approximate surface area is 206 Å². The zero-order valence-corrected chi connectivity index (χ0v) is 20.1. The number of benzene rings is 1. The lowest BCUT2D eigenvalue weighted by atomic mass is 9.68. The molecule has 34 heavy (non-hydrogen) atoms. The van der Waals surface area contributed by atoms with Crippen molar-refractivity contribution in [3.8, 4) is 11.5 Å². The number of ether oxygens (including phenoxy) is 1. The highest BCUT2D eigenvalue weighted by molar-refractivity contribution is 14.1. The summed E-state index contributed by atoms with van der Waals surface area (Å²) in [4.78, 5) is 51.9. The van der Waals surface area contributed by atoms with Gasteiger partial charge in [-0.1, -0.05) is 6.08 Å². The zero-order valence-electron chi connectivity index (χ0n) is 17.9. The minimum Gasteiger partial charge on any atom is -0.508 e. The van der Waals surface area contributed by atoms with Gasteiger partial charge in [-0.15, -0.1) is 0 Å². The Morgan fingerprint density at radius 1 is 1.15 bits per heavy atom. The Bertz CT molecular complexity index is 1580. The van der Waals surface area contributed by atoms with Crippen LogP contribution in [0.1, 0.15) is 18.0 Å². The minimum atomic E-state index is -0.588. The van der Waals surface area contributed by atoms with Gasteiger partial charge in [0.25, 0.3) is 0 Å². The molecular formula is C24H18IN3O6. The van der Waals surface area contributed by atoms with E-state index in [4.69, 9.17) is 4.74 Å². The number of nitrogens with zero attached hydrogens (tertiary/aromatic N) is 3. The summed E-state index contributed by atoms with van der Waals surface area (Å²) in [6, 6.07) is 4.25. The molecule has 2 aliphatic carbocycles. The summed E-state index contributed by atoms with van der Waals surface area (Å²) in [7, 11) is 1.43. The maximum Gasteiger partial charge on any atom is 0.347 e. The van der Waals surface area contributed by atoms with E-state index in [0.29, 0.717) is 26.9 Å². The molecule has 172 valence electrons. The first-order chi connectivity index (χ1) is 16.3. The Hall–Kier alpha value is -3.41. The van der Waals surface area contributed by atoms with E-state index < -0.39 is 23.3 Å². The van der Waals surface area contributed by atoms with Crippen molar-refractivity contribution in [1.29, 1.82) is 0 Å². The van der Waals surface area contributed by atoms with Crippen molar-refractivity contribution < 1.29 is 19.4 Å². The molecule has 1 N–H and O–H groups in total. The number of ketones is 2. The van der Waals surface area contributed by atoms with Crippen LogP contribution in [0.2, 0.25) is 0 Å². The zero-order chi connectivity index (χ0) is 23.9. The normalized spacial score (nSPS) is 23.2. The summed E-state index contributed by atoms with van der Waals surface area (Å²) < 4.78 is 10.0. The average Bonchev–Trinajstić information content (AvgIpc) is 3.05. The van der Waals surface area contributed by atoms with E-state index in [0.717, 1.165) is 21.3 Å². The average molecular weight is 571 g/mol. The topological polar surface area (TPSA) is 113 Å². The third-order valence-electron chi connectivity index (χ3n) is 6.94. The molecular weight excluding hydrogens is 553 g/mol. The molecule has 1 aromatic heterocycles. The number of halogens is 1. The Kier molecular flexibility index (Phi) is 4.54. The van der Waals surface area contributed by atoms with Crippen molar-refractivity contribution in [2.75, 3.05) is 0 Å². The molecule has 2 atom stereocenters. The van der Waals surface area contributed by atoms with Crippen molar-refractivity contribution >= 4 is 34.2 Å². The molecule has 0 fully saturated rings. The van der Waals surface area contributed by atoms with Crippen LogP contribution in [-0.2, 0) is 29.6 Å². The number of allylic oxidation sites excluding steroid dienone is 7. The summed E-state index contributed by atoms with van der Waals surface area (Å²) in [6.45, 7) is 0.181. The molecule has 0 unspecified atom stereocenters. The first-order valence-corrected chi connectivity index (χ1v) is 11.8. The summed E-state index contributed by atoms with van der Waals surface area (Å²) in [5.41, 5.74) is 2.15. The van der Waals surface area contributed by atoms with Gasteiger partial charge in [0.05, 0.1) is 22.4 Å². The Morgan fingerprint density at radius 2 is 1.94 bits per heavy atom. The quantitative estimate of drug-likeness (QED) is 0.318. The first-order valence-electron chi connectivity index (χ1n) is 10.7. The molecule has 0 saturated carbocycles. The van der Waals surface area contributed by atoms with Crippen LogP contribution in [0.4, 0.5) is 0 Å². The van der Waals surface area contributed by atoms with Gasteiger partial charge in [-0.3, -0.25) is 9.59 Å². The molecule has 2 aliphatic heterocycles. The van der Waals surface area contributed by atoms with E-state index in [9.17, 15) is 24.3 Å². The number of hydrogen-bond acceptors (Lipinski definition) is 6. The predicted octanol–water partition coefficient (Wildman–Crippen LogP) is 1.84. The summed E-state index contributed by atoms with van der Waals surface area (Å²) in [5, 5.41) is 9.96. The van der Waals surface area contributed by atoms with Gasteiger partial charge in [0.15, 0.2) is 11.6 Å². The van der Waals surface area contributed by atoms with Crippen molar-refractivity contribution in [3.05, 3.63) is 89.0 Å². The van der Waals surface area contributed by atoms with Crippen LogP contribution >= 0.6 is 22.6 Å². The van der Waals surface area contributed by atoms with Crippen LogP contribution < -0.4 is 16.1 Å². The largest absolute Gasteiger partial charge is 0.508 e. The third-order valence-corrected chi connectivity index (χ3v) is 7.74. The van der Waals surface area contributed by atoms with Gasteiger partial charge in [-0.2, -0.15) is 0 Å². The van der Waals surface area contributed by atoms with Crippen LogP contribution in [0.5, 0.6) is 11.5 Å². The van der Waals surface area contributed by atoms with E-state index in [-0.39, 0.29) is 30.3 Å². The maximum atomic E-state index is 13.4. The number of rotatable bonds is 1. The lowest BCUT2D eigenvalue weighted by Crippen LogP contribution is -2.42. The van der Waals surface area contributed by atoms with Gasteiger partial charge < -0.3 is 9.84 Å². The number of phenolic OH excluding ortho intramolecular Hbond substituents is 1. The molecule has 6 rings (SSSR count). The SMILES string of the molecule is Cn1c(=O)n2n(c1=O)[C@@H]1CC3=C(C(=O)C(I)=CC3=O)[C@@H](C3=COc4ccc(O)cc4C3)C1=CC2. The maximum absolute atomic E-state index is 13.4. The van der Waals surface area contributed by atoms with Crippen molar-refractivity contribution in [3.63, 3.8) is 0 Å². The van der Waals surface area contributed by atoms with Crippen LogP contribution in [0.25, 0.3) is 0 Å². The third kappa shape index (κ3) is 2.84. The van der Waals surface area contributed by atoms with Crippen LogP contribution in [0.15, 0.2) is 72.1 Å². The van der Waals surface area contributed by atoms with Gasteiger partial charge in [-0.05, 0) is 51.9 Å². The summed E-state index contributed by atoms with van der Waals surface area (Å²) >= 11 is 1.88. The second kappa shape index (κ2) is 7.29. The van der Waals surface area contributed by atoms with E-state index in [1.165, 1.54) is 28.6 Å². The highest BCUT2D eigenvalue weighted by atomic mass is 127. The van der Waals surface area contributed by atoms with E-state index >= 15 is 0 Å². The first kappa shape index (κ1) is 21.1. The lowest BCUT2D eigenvalue weighted by molar-refractivity contribution is -0.116. The number of hydrogen-bond donors (Lipinski definition) is 1. The fraction of sp³-hybridized carbons (Fsp3) is 0.250.